The molecule has 0 spiro atoms. The van der Waals surface area contributed by atoms with Crippen LogP contribution in [0.4, 0.5) is 0 Å². The fourth-order valence-electron chi connectivity index (χ4n) is 2.55. The van der Waals surface area contributed by atoms with Gasteiger partial charge in [-0.3, -0.25) is 0 Å². The minimum absolute atomic E-state index is 0.0514. The second kappa shape index (κ2) is 5.17. The number of oxime groups is 2. The molecule has 2 rings (SSSR count). The first-order chi connectivity index (χ1) is 8.93. The fraction of sp³-hybridized carbons (Fsp3) is 0.538. The van der Waals surface area contributed by atoms with Crippen molar-refractivity contribution in [1.29, 1.82) is 0 Å². The summed E-state index contributed by atoms with van der Waals surface area (Å²) in [5, 5.41) is 25.2. The summed E-state index contributed by atoms with van der Waals surface area (Å²) >= 11 is 3.25. The van der Waals surface area contributed by atoms with E-state index in [-0.39, 0.29) is 5.41 Å². The Balaban J connectivity index is 2.69. The van der Waals surface area contributed by atoms with Crippen molar-refractivity contribution in [2.75, 3.05) is 6.26 Å². The van der Waals surface area contributed by atoms with Gasteiger partial charge in [-0.2, -0.15) is 0 Å². The zero-order valence-electron chi connectivity index (χ0n) is 11.5. The molecule has 1 aliphatic rings. The second-order valence-electron chi connectivity index (χ2n) is 5.53. The highest BCUT2D eigenvalue weighted by atomic mass is 32.2. The van der Waals surface area contributed by atoms with Crippen LogP contribution >= 0.6 is 23.1 Å². The predicted molar refractivity (Wildman–Crippen MR) is 80.5 cm³/mol. The van der Waals surface area contributed by atoms with Crippen molar-refractivity contribution in [1.82, 2.24) is 0 Å². The van der Waals surface area contributed by atoms with Crippen LogP contribution in [-0.2, 0) is 6.42 Å². The molecule has 1 aliphatic carbocycles. The summed E-state index contributed by atoms with van der Waals surface area (Å²) in [5.74, 6) is 0. The van der Waals surface area contributed by atoms with Gasteiger partial charge in [0.05, 0.1) is 20.5 Å². The molecule has 0 unspecified atom stereocenters. The molecule has 0 radical (unpaired) electrons. The first-order valence-corrected chi connectivity index (χ1v) is 8.07. The van der Waals surface area contributed by atoms with Crippen LogP contribution < -0.4 is 0 Å². The normalized spacial score (nSPS) is 20.6. The van der Waals surface area contributed by atoms with Crippen LogP contribution in [0, 0.1) is 5.41 Å². The fourth-order valence-corrected chi connectivity index (χ4v) is 4.60. The van der Waals surface area contributed by atoms with Gasteiger partial charge in [0.25, 0.3) is 0 Å². The summed E-state index contributed by atoms with van der Waals surface area (Å²) in [6, 6.07) is 0. The molecule has 4 nitrogen and oxygen atoms in total. The maximum atomic E-state index is 9.30. The summed E-state index contributed by atoms with van der Waals surface area (Å²) in [4.78, 5) is 0.996. The van der Waals surface area contributed by atoms with Gasteiger partial charge in [-0.15, -0.1) is 23.1 Å². The van der Waals surface area contributed by atoms with Crippen molar-refractivity contribution >= 4 is 34.5 Å². The Morgan fingerprint density at radius 3 is 2.53 bits per heavy atom. The lowest BCUT2D eigenvalue weighted by Crippen LogP contribution is -2.27. The highest BCUT2D eigenvalue weighted by Gasteiger charge is 2.35. The van der Waals surface area contributed by atoms with Gasteiger partial charge >= 0.3 is 0 Å². The van der Waals surface area contributed by atoms with Crippen LogP contribution in [0.5, 0.6) is 0 Å². The van der Waals surface area contributed by atoms with Gasteiger partial charge in [0.1, 0.15) is 0 Å². The Hall–Kier alpha value is -1.01. The van der Waals surface area contributed by atoms with Crippen molar-refractivity contribution in [3.05, 3.63) is 16.0 Å². The second-order valence-corrected chi connectivity index (χ2v) is 7.62. The molecule has 6 heteroatoms. The SMILES string of the molecule is CSc1sc(/C(C)=N\O)c2c1/C(=N\O)CC(C)(C)C2. The lowest BCUT2D eigenvalue weighted by Gasteiger charge is -2.31. The van der Waals surface area contributed by atoms with E-state index in [2.05, 4.69) is 24.2 Å². The highest BCUT2D eigenvalue weighted by molar-refractivity contribution is 8.00. The molecule has 0 aromatic carbocycles. The molecule has 0 fully saturated rings. The first kappa shape index (κ1) is 14.4. The molecular weight excluding hydrogens is 280 g/mol. The van der Waals surface area contributed by atoms with E-state index in [4.69, 9.17) is 5.21 Å². The number of hydrogen-bond acceptors (Lipinski definition) is 6. The lowest BCUT2D eigenvalue weighted by molar-refractivity contribution is 0.306. The lowest BCUT2D eigenvalue weighted by atomic mass is 9.74. The average Bonchev–Trinajstić information content (AvgIpc) is 2.73. The molecule has 0 amide bonds. The van der Waals surface area contributed by atoms with Crippen molar-refractivity contribution in [2.45, 2.75) is 37.8 Å². The van der Waals surface area contributed by atoms with Crippen molar-refractivity contribution in [2.24, 2.45) is 15.7 Å². The monoisotopic (exact) mass is 298 g/mol. The largest absolute Gasteiger partial charge is 0.411 e. The summed E-state index contributed by atoms with van der Waals surface area (Å²) < 4.78 is 1.12. The van der Waals surface area contributed by atoms with E-state index >= 15 is 0 Å². The van der Waals surface area contributed by atoms with Gasteiger partial charge < -0.3 is 10.4 Å². The van der Waals surface area contributed by atoms with Crippen molar-refractivity contribution in [3.63, 3.8) is 0 Å². The third kappa shape index (κ3) is 2.51. The first-order valence-electron chi connectivity index (χ1n) is 6.03. The van der Waals surface area contributed by atoms with Gasteiger partial charge in [-0.25, -0.2) is 0 Å². The molecule has 1 aromatic rings. The number of hydrogen-bond donors (Lipinski definition) is 2. The molecule has 0 bridgehead atoms. The minimum Gasteiger partial charge on any atom is -0.411 e. The van der Waals surface area contributed by atoms with E-state index in [0.717, 1.165) is 38.8 Å². The van der Waals surface area contributed by atoms with Crippen molar-refractivity contribution < 1.29 is 10.4 Å². The van der Waals surface area contributed by atoms with Crippen LogP contribution in [0.2, 0.25) is 0 Å². The van der Waals surface area contributed by atoms with E-state index in [1.54, 1.807) is 30.0 Å². The standard InChI is InChI=1S/C13H18N2O2S2/c1-7(14-16)11-8-5-13(2,3)6-9(15-17)10(8)12(18-4)19-11/h16-17H,5-6H2,1-4H3/b14-7-,15-9-. The molecule has 1 aromatic heterocycles. The van der Waals surface area contributed by atoms with E-state index in [1.165, 1.54) is 0 Å². The van der Waals surface area contributed by atoms with E-state index < -0.39 is 0 Å². The summed E-state index contributed by atoms with van der Waals surface area (Å²) in [6.45, 7) is 6.12. The van der Waals surface area contributed by atoms with Crippen LogP contribution in [0.15, 0.2) is 14.5 Å². The average molecular weight is 298 g/mol. The number of nitrogens with zero attached hydrogens (tertiary/aromatic N) is 2. The van der Waals surface area contributed by atoms with Crippen molar-refractivity contribution in [3.8, 4) is 0 Å². The Kier molecular flexibility index (Phi) is 3.92. The molecule has 2 N–H and O–H groups in total. The molecule has 0 atom stereocenters. The van der Waals surface area contributed by atoms with E-state index in [1.807, 2.05) is 6.26 Å². The van der Waals surface area contributed by atoms with Gasteiger partial charge in [-0.1, -0.05) is 24.2 Å². The van der Waals surface area contributed by atoms with E-state index in [0.29, 0.717) is 5.71 Å². The Bertz CT molecular complexity index is 559. The van der Waals surface area contributed by atoms with E-state index in [9.17, 15) is 5.21 Å². The molecule has 104 valence electrons. The van der Waals surface area contributed by atoms with Gasteiger partial charge in [0.15, 0.2) is 0 Å². The minimum atomic E-state index is 0.0514. The molecule has 19 heavy (non-hydrogen) atoms. The molecular formula is C13H18N2O2S2. The molecule has 0 saturated heterocycles. The maximum absolute atomic E-state index is 9.30. The quantitative estimate of drug-likeness (QED) is 0.377. The van der Waals surface area contributed by atoms with Gasteiger partial charge in [0, 0.05) is 5.56 Å². The summed E-state index contributed by atoms with van der Waals surface area (Å²) in [7, 11) is 0. The van der Waals surface area contributed by atoms with Crippen LogP contribution in [-0.4, -0.2) is 28.1 Å². The van der Waals surface area contributed by atoms with Gasteiger partial charge in [-0.05, 0) is 37.0 Å². The highest BCUT2D eigenvalue weighted by Crippen LogP contribution is 2.44. The molecule has 0 aliphatic heterocycles. The summed E-state index contributed by atoms with van der Waals surface area (Å²) in [5.41, 5.74) is 3.60. The Labute approximate surface area is 121 Å². The van der Waals surface area contributed by atoms with Crippen LogP contribution in [0.1, 0.15) is 43.2 Å². The number of thioether (sulfide) groups is 1. The Morgan fingerprint density at radius 2 is 2.00 bits per heavy atom. The summed E-state index contributed by atoms with van der Waals surface area (Å²) in [6.07, 6.45) is 3.67. The third-order valence-corrected chi connectivity index (χ3v) is 5.81. The Morgan fingerprint density at radius 1 is 1.32 bits per heavy atom. The zero-order chi connectivity index (χ0) is 14.2. The van der Waals surface area contributed by atoms with Crippen LogP contribution in [0.25, 0.3) is 0 Å². The predicted octanol–water partition coefficient (Wildman–Crippen LogP) is 3.82. The molecule has 1 heterocycles. The zero-order valence-corrected chi connectivity index (χ0v) is 13.2. The molecule has 0 saturated carbocycles. The number of rotatable bonds is 2. The third-order valence-electron chi connectivity index (χ3n) is 3.35. The van der Waals surface area contributed by atoms with Crippen LogP contribution in [0.3, 0.4) is 0 Å². The smallest absolute Gasteiger partial charge is 0.0939 e. The van der Waals surface area contributed by atoms with Gasteiger partial charge in [0.2, 0.25) is 0 Å². The number of fused-ring (bicyclic) bond motifs is 1. The maximum Gasteiger partial charge on any atom is 0.0939 e. The topological polar surface area (TPSA) is 65.2 Å². The number of thiophene rings is 1.